The Morgan fingerprint density at radius 3 is 2.75 bits per heavy atom. The van der Waals surface area contributed by atoms with Crippen LogP contribution >= 0.6 is 11.6 Å². The lowest BCUT2D eigenvalue weighted by Gasteiger charge is -2.01. The van der Waals surface area contributed by atoms with Crippen molar-refractivity contribution in [3.05, 3.63) is 0 Å². The fraction of sp³-hybridized carbons (Fsp3) is 0.857. The molecule has 0 spiro atoms. The molecular formula is C7H14ClNO2S. The Bertz CT molecular complexity index is 163. The summed E-state index contributed by atoms with van der Waals surface area (Å²) in [4.78, 5) is 10.9. The number of halogens is 1. The Kier molecular flexibility index (Phi) is 7.50. The molecule has 0 radical (unpaired) electrons. The summed E-state index contributed by atoms with van der Waals surface area (Å²) < 4.78 is 10.6. The van der Waals surface area contributed by atoms with Crippen molar-refractivity contribution in [2.24, 2.45) is 0 Å². The third-order valence-electron chi connectivity index (χ3n) is 1.25. The normalized spacial score (nSPS) is 12.5. The summed E-state index contributed by atoms with van der Waals surface area (Å²) >= 11 is 5.40. The van der Waals surface area contributed by atoms with Crippen molar-refractivity contribution in [1.82, 2.24) is 5.32 Å². The number of carbonyl (C=O) groups excluding carboxylic acids is 1. The van der Waals surface area contributed by atoms with Crippen molar-refractivity contribution in [3.8, 4) is 0 Å². The highest BCUT2D eigenvalue weighted by Gasteiger charge is 1.99. The molecular weight excluding hydrogens is 198 g/mol. The summed E-state index contributed by atoms with van der Waals surface area (Å²) in [6.07, 6.45) is 2.77. The van der Waals surface area contributed by atoms with E-state index in [1.54, 1.807) is 6.26 Å². The summed E-state index contributed by atoms with van der Waals surface area (Å²) in [6, 6.07) is 0. The molecule has 0 saturated heterocycles. The maximum Gasteiger partial charge on any atom is 0.220 e. The van der Waals surface area contributed by atoms with Crippen LogP contribution in [0.2, 0.25) is 0 Å². The molecule has 1 amide bonds. The summed E-state index contributed by atoms with van der Waals surface area (Å²) in [5.41, 5.74) is 0. The van der Waals surface area contributed by atoms with Crippen molar-refractivity contribution >= 4 is 28.3 Å². The smallest absolute Gasteiger partial charge is 0.220 e. The van der Waals surface area contributed by atoms with Crippen LogP contribution in [0, 0.1) is 0 Å². The van der Waals surface area contributed by atoms with Crippen LogP contribution in [0.5, 0.6) is 0 Å². The van der Waals surface area contributed by atoms with Crippen LogP contribution in [0.3, 0.4) is 0 Å². The van der Waals surface area contributed by atoms with E-state index in [4.69, 9.17) is 11.6 Å². The quantitative estimate of drug-likeness (QED) is 0.651. The zero-order valence-electron chi connectivity index (χ0n) is 7.14. The largest absolute Gasteiger partial charge is 0.355 e. The Hall–Kier alpha value is -0.0900. The van der Waals surface area contributed by atoms with E-state index in [1.807, 2.05) is 0 Å². The lowest BCUT2D eigenvalue weighted by Crippen LogP contribution is -2.27. The van der Waals surface area contributed by atoms with Gasteiger partial charge < -0.3 is 5.32 Å². The number of rotatable bonds is 6. The highest BCUT2D eigenvalue weighted by Crippen LogP contribution is 1.90. The average Bonchev–Trinajstić information content (AvgIpc) is 2.00. The molecule has 0 saturated carbocycles. The number of alkyl halides is 1. The number of hydrogen-bond donors (Lipinski definition) is 1. The molecule has 12 heavy (non-hydrogen) atoms. The van der Waals surface area contributed by atoms with Gasteiger partial charge in [0.2, 0.25) is 5.91 Å². The van der Waals surface area contributed by atoms with Crippen LogP contribution in [-0.4, -0.2) is 34.5 Å². The van der Waals surface area contributed by atoms with Gasteiger partial charge in [-0.25, -0.2) is 0 Å². The Labute approximate surface area is 80.3 Å². The molecule has 0 bridgehead atoms. The minimum atomic E-state index is -0.828. The van der Waals surface area contributed by atoms with Crippen LogP contribution in [0.4, 0.5) is 0 Å². The molecule has 3 nitrogen and oxygen atoms in total. The summed E-state index contributed by atoms with van der Waals surface area (Å²) in [5.74, 6) is 1.01. The van der Waals surface area contributed by atoms with Crippen molar-refractivity contribution in [3.63, 3.8) is 0 Å². The fourth-order valence-electron chi connectivity index (χ4n) is 0.650. The second-order valence-corrected chi connectivity index (χ2v) is 4.35. The van der Waals surface area contributed by atoms with Crippen LogP contribution in [0.1, 0.15) is 12.8 Å². The number of hydrogen-bond acceptors (Lipinski definition) is 2. The van der Waals surface area contributed by atoms with Crippen molar-refractivity contribution in [2.75, 3.05) is 24.4 Å². The molecule has 72 valence electrons. The monoisotopic (exact) mass is 211 g/mol. The number of carbonyl (C=O) groups is 1. The fourth-order valence-corrected chi connectivity index (χ4v) is 1.17. The molecule has 0 aliphatic carbocycles. The van der Waals surface area contributed by atoms with Gasteiger partial charge in [0.05, 0.1) is 0 Å². The Morgan fingerprint density at radius 1 is 1.58 bits per heavy atom. The van der Waals surface area contributed by atoms with Crippen LogP contribution in [0.25, 0.3) is 0 Å². The molecule has 0 aromatic rings. The lowest BCUT2D eigenvalue weighted by molar-refractivity contribution is -0.120. The van der Waals surface area contributed by atoms with Gasteiger partial charge in [0.15, 0.2) is 0 Å². The summed E-state index contributed by atoms with van der Waals surface area (Å²) in [6.45, 7) is 0.490. The van der Waals surface area contributed by atoms with Gasteiger partial charge in [0.25, 0.3) is 0 Å². The van der Waals surface area contributed by atoms with E-state index < -0.39 is 10.8 Å². The molecule has 0 fully saturated rings. The maximum absolute atomic E-state index is 10.9. The van der Waals surface area contributed by atoms with E-state index in [1.165, 1.54) is 0 Å². The van der Waals surface area contributed by atoms with Crippen molar-refractivity contribution < 1.29 is 9.00 Å². The van der Waals surface area contributed by atoms with E-state index in [-0.39, 0.29) is 5.91 Å². The minimum Gasteiger partial charge on any atom is -0.355 e. The van der Waals surface area contributed by atoms with Crippen molar-refractivity contribution in [1.29, 1.82) is 0 Å². The predicted octanol–water partition coefficient (Wildman–Crippen LogP) is 0.500. The van der Waals surface area contributed by atoms with Gasteiger partial charge in [0, 0.05) is 41.7 Å². The van der Waals surface area contributed by atoms with E-state index in [9.17, 15) is 9.00 Å². The Morgan fingerprint density at radius 2 is 2.25 bits per heavy atom. The first-order valence-electron chi connectivity index (χ1n) is 3.79. The molecule has 1 atom stereocenters. The van der Waals surface area contributed by atoms with E-state index in [0.717, 1.165) is 0 Å². The minimum absolute atomic E-state index is 0.0129. The van der Waals surface area contributed by atoms with Gasteiger partial charge >= 0.3 is 0 Å². The molecule has 5 heteroatoms. The van der Waals surface area contributed by atoms with Crippen LogP contribution < -0.4 is 5.32 Å². The molecule has 1 unspecified atom stereocenters. The van der Waals surface area contributed by atoms with E-state index in [0.29, 0.717) is 31.0 Å². The molecule has 1 N–H and O–H groups in total. The Balaban J connectivity index is 3.25. The molecule has 0 aromatic heterocycles. The first-order chi connectivity index (χ1) is 5.66. The molecule has 0 aliphatic heterocycles. The second-order valence-electron chi connectivity index (χ2n) is 2.42. The van der Waals surface area contributed by atoms with Gasteiger partial charge in [-0.3, -0.25) is 9.00 Å². The SMILES string of the molecule is CS(=O)CCNC(=O)CCCCl. The molecule has 0 heterocycles. The number of nitrogens with one attached hydrogen (secondary N) is 1. The lowest BCUT2D eigenvalue weighted by atomic mass is 10.3. The predicted molar refractivity (Wildman–Crippen MR) is 51.9 cm³/mol. The van der Waals surface area contributed by atoms with Gasteiger partial charge in [-0.2, -0.15) is 0 Å². The standard InChI is InChI=1S/C7H14ClNO2S/c1-12(11)6-5-9-7(10)3-2-4-8/h2-6H2,1H3,(H,9,10). The van der Waals surface area contributed by atoms with Crippen LogP contribution in [0.15, 0.2) is 0 Å². The zero-order valence-corrected chi connectivity index (χ0v) is 8.71. The van der Waals surface area contributed by atoms with Gasteiger partial charge in [-0.1, -0.05) is 0 Å². The third-order valence-corrected chi connectivity index (χ3v) is 2.30. The van der Waals surface area contributed by atoms with E-state index >= 15 is 0 Å². The highest BCUT2D eigenvalue weighted by atomic mass is 35.5. The maximum atomic E-state index is 10.9. The second kappa shape index (κ2) is 7.55. The van der Waals surface area contributed by atoms with Crippen molar-refractivity contribution in [2.45, 2.75) is 12.8 Å². The zero-order chi connectivity index (χ0) is 9.40. The van der Waals surface area contributed by atoms with Gasteiger partial charge in [0.1, 0.15) is 0 Å². The molecule has 0 aliphatic rings. The molecule has 0 rings (SSSR count). The van der Waals surface area contributed by atoms with E-state index in [2.05, 4.69) is 5.32 Å². The van der Waals surface area contributed by atoms with Crippen LogP contribution in [-0.2, 0) is 15.6 Å². The molecule has 0 aromatic carbocycles. The number of amides is 1. The highest BCUT2D eigenvalue weighted by molar-refractivity contribution is 7.84. The average molecular weight is 212 g/mol. The van der Waals surface area contributed by atoms with Gasteiger partial charge in [-0.15, -0.1) is 11.6 Å². The first kappa shape index (κ1) is 11.9. The summed E-state index contributed by atoms with van der Waals surface area (Å²) in [7, 11) is -0.828. The van der Waals surface area contributed by atoms with Gasteiger partial charge in [-0.05, 0) is 6.42 Å². The topological polar surface area (TPSA) is 46.2 Å². The third kappa shape index (κ3) is 8.01. The first-order valence-corrected chi connectivity index (χ1v) is 6.05. The summed E-state index contributed by atoms with van der Waals surface area (Å²) in [5, 5.41) is 2.66.